The van der Waals surface area contributed by atoms with E-state index in [0.717, 1.165) is 17.7 Å². The van der Waals surface area contributed by atoms with E-state index in [1.807, 2.05) is 35.7 Å². The van der Waals surface area contributed by atoms with E-state index in [-0.39, 0.29) is 17.2 Å². The van der Waals surface area contributed by atoms with Gasteiger partial charge in [-0.15, -0.1) is 21.5 Å². The number of thiazole rings is 1. The van der Waals surface area contributed by atoms with Crippen LogP contribution >= 0.6 is 23.1 Å². The highest BCUT2D eigenvalue weighted by Gasteiger charge is 2.16. The zero-order chi connectivity index (χ0) is 22.9. The first-order valence-electron chi connectivity index (χ1n) is 10.4. The molecule has 0 aliphatic rings. The van der Waals surface area contributed by atoms with E-state index >= 15 is 0 Å². The van der Waals surface area contributed by atoms with Crippen LogP contribution in [0, 0.1) is 0 Å². The third-order valence-electron chi connectivity index (χ3n) is 5.34. The smallest absolute Gasteiger partial charge is 0.262 e. The number of nitrogens with zero attached hydrogens (tertiary/aromatic N) is 5. The number of para-hydroxylation sites is 1. The van der Waals surface area contributed by atoms with Crippen LogP contribution < -0.4 is 10.9 Å². The van der Waals surface area contributed by atoms with E-state index in [4.69, 9.17) is 0 Å². The van der Waals surface area contributed by atoms with Crippen molar-refractivity contribution in [1.82, 2.24) is 24.1 Å². The van der Waals surface area contributed by atoms with Crippen LogP contribution in [0.3, 0.4) is 0 Å². The van der Waals surface area contributed by atoms with Gasteiger partial charge in [0.25, 0.3) is 5.56 Å². The summed E-state index contributed by atoms with van der Waals surface area (Å²) in [6, 6.07) is 15.6. The number of carbonyl (C=O) groups is 1. The highest BCUT2D eigenvalue weighted by Crippen LogP contribution is 2.26. The van der Waals surface area contributed by atoms with Crippen LogP contribution in [0.25, 0.3) is 27.9 Å². The molecule has 1 amide bonds. The van der Waals surface area contributed by atoms with E-state index in [0.29, 0.717) is 27.0 Å². The van der Waals surface area contributed by atoms with Gasteiger partial charge in [0.15, 0.2) is 10.3 Å². The zero-order valence-electron chi connectivity index (χ0n) is 18.0. The fraction of sp³-hybridized carbons (Fsp3) is 0.174. The van der Waals surface area contributed by atoms with Gasteiger partial charge in [-0.3, -0.25) is 18.6 Å². The maximum absolute atomic E-state index is 12.6. The maximum Gasteiger partial charge on any atom is 0.262 e. The minimum absolute atomic E-state index is 0.135. The first-order valence-corrected chi connectivity index (χ1v) is 12.2. The number of rotatable bonds is 6. The van der Waals surface area contributed by atoms with Crippen LogP contribution in [-0.4, -0.2) is 35.8 Å². The molecule has 0 aliphatic carbocycles. The summed E-state index contributed by atoms with van der Waals surface area (Å²) in [7, 11) is 1.66. The van der Waals surface area contributed by atoms with Gasteiger partial charge in [0.1, 0.15) is 0 Å². The number of nitrogens with one attached hydrogen (secondary N) is 1. The van der Waals surface area contributed by atoms with Crippen LogP contribution in [0.15, 0.2) is 63.9 Å². The molecule has 0 fully saturated rings. The van der Waals surface area contributed by atoms with Crippen LogP contribution in [-0.2, 0) is 18.3 Å². The molecule has 8 nitrogen and oxygen atoms in total. The van der Waals surface area contributed by atoms with Gasteiger partial charge in [-0.1, -0.05) is 55.1 Å². The van der Waals surface area contributed by atoms with Crippen molar-refractivity contribution in [1.29, 1.82) is 0 Å². The number of aryl methyl sites for hydroxylation is 2. The Morgan fingerprint density at radius 3 is 2.70 bits per heavy atom. The number of hydrogen-bond donors (Lipinski definition) is 1. The summed E-state index contributed by atoms with van der Waals surface area (Å²) >= 11 is 2.65. The summed E-state index contributed by atoms with van der Waals surface area (Å²) in [6.45, 7) is 2.12. The number of anilines is 1. The molecule has 3 heterocycles. The standard InChI is InChI=1S/C23H20N6O2S2/c1-3-14-8-10-15(11-9-14)17-12-32-21(24-17)25-19(30)13-33-23-27-26-22-28(2)20(31)16-6-4-5-7-18(16)29(22)23/h4-12H,3,13H2,1-2H3,(H,24,25,30). The Labute approximate surface area is 197 Å². The summed E-state index contributed by atoms with van der Waals surface area (Å²) in [6.07, 6.45) is 0.990. The van der Waals surface area contributed by atoms with Gasteiger partial charge in [0, 0.05) is 18.0 Å². The monoisotopic (exact) mass is 476 g/mol. The van der Waals surface area contributed by atoms with E-state index in [9.17, 15) is 9.59 Å². The third-order valence-corrected chi connectivity index (χ3v) is 7.02. The second-order valence-corrected chi connectivity index (χ2v) is 9.23. The molecule has 10 heteroatoms. The van der Waals surface area contributed by atoms with Crippen molar-refractivity contribution in [3.05, 3.63) is 69.8 Å². The first kappa shape index (κ1) is 21.4. The van der Waals surface area contributed by atoms with E-state index in [1.54, 1.807) is 17.5 Å². The minimum Gasteiger partial charge on any atom is -0.301 e. The predicted octanol–water partition coefficient (Wildman–Crippen LogP) is 4.00. The lowest BCUT2D eigenvalue weighted by molar-refractivity contribution is -0.113. The van der Waals surface area contributed by atoms with Crippen molar-refractivity contribution in [2.24, 2.45) is 7.05 Å². The molecule has 0 radical (unpaired) electrons. The van der Waals surface area contributed by atoms with Crippen LogP contribution in [0.4, 0.5) is 5.13 Å². The lowest BCUT2D eigenvalue weighted by Gasteiger charge is -2.07. The number of aromatic nitrogens is 5. The predicted molar refractivity (Wildman–Crippen MR) is 132 cm³/mol. The van der Waals surface area contributed by atoms with Crippen molar-refractivity contribution >= 4 is 50.8 Å². The Kier molecular flexibility index (Phi) is 5.69. The quantitative estimate of drug-likeness (QED) is 0.372. The lowest BCUT2D eigenvalue weighted by atomic mass is 10.1. The van der Waals surface area contributed by atoms with Gasteiger partial charge in [-0.25, -0.2) is 4.98 Å². The lowest BCUT2D eigenvalue weighted by Crippen LogP contribution is -2.20. The van der Waals surface area contributed by atoms with Gasteiger partial charge in [0.05, 0.1) is 22.3 Å². The number of amides is 1. The topological polar surface area (TPSA) is 94.2 Å². The van der Waals surface area contributed by atoms with E-state index < -0.39 is 0 Å². The number of benzene rings is 2. The van der Waals surface area contributed by atoms with Crippen LogP contribution in [0.2, 0.25) is 0 Å². The molecule has 166 valence electrons. The Bertz CT molecular complexity index is 1530. The van der Waals surface area contributed by atoms with Crippen LogP contribution in [0.5, 0.6) is 0 Å². The third kappa shape index (κ3) is 4.03. The summed E-state index contributed by atoms with van der Waals surface area (Å²) in [5.74, 6) is 0.381. The molecule has 5 aromatic rings. The molecule has 0 saturated carbocycles. The summed E-state index contributed by atoms with van der Waals surface area (Å²) in [5, 5.41) is 14.8. The van der Waals surface area contributed by atoms with Gasteiger partial charge < -0.3 is 5.32 Å². The van der Waals surface area contributed by atoms with Gasteiger partial charge in [0.2, 0.25) is 11.7 Å². The molecule has 5 rings (SSSR count). The van der Waals surface area contributed by atoms with Gasteiger partial charge >= 0.3 is 0 Å². The minimum atomic E-state index is -0.187. The molecule has 0 bridgehead atoms. The number of carbonyl (C=O) groups excluding carboxylic acids is 1. The van der Waals surface area contributed by atoms with E-state index in [1.165, 1.54) is 33.2 Å². The molecule has 0 unspecified atom stereocenters. The number of fused-ring (bicyclic) bond motifs is 3. The number of hydrogen-bond acceptors (Lipinski definition) is 7. The summed E-state index contributed by atoms with van der Waals surface area (Å²) < 4.78 is 3.26. The zero-order valence-corrected chi connectivity index (χ0v) is 19.6. The molecule has 0 atom stereocenters. The number of thioether (sulfide) groups is 1. The molecule has 0 saturated heterocycles. The second-order valence-electron chi connectivity index (χ2n) is 7.42. The Hall–Kier alpha value is -3.50. The molecule has 3 aromatic heterocycles. The second kappa shape index (κ2) is 8.80. The first-order chi connectivity index (χ1) is 16.0. The summed E-state index contributed by atoms with van der Waals surface area (Å²) in [5.41, 5.74) is 3.70. The Morgan fingerprint density at radius 2 is 1.91 bits per heavy atom. The highest BCUT2D eigenvalue weighted by atomic mass is 32.2. The van der Waals surface area contributed by atoms with Gasteiger partial charge in [-0.05, 0) is 24.1 Å². The molecule has 1 N–H and O–H groups in total. The van der Waals surface area contributed by atoms with Crippen molar-refractivity contribution in [2.75, 3.05) is 11.1 Å². The maximum atomic E-state index is 12.6. The van der Waals surface area contributed by atoms with Crippen molar-refractivity contribution in [3.63, 3.8) is 0 Å². The van der Waals surface area contributed by atoms with Crippen molar-refractivity contribution in [2.45, 2.75) is 18.5 Å². The van der Waals surface area contributed by atoms with E-state index in [2.05, 4.69) is 39.6 Å². The Balaban J connectivity index is 1.32. The molecule has 33 heavy (non-hydrogen) atoms. The fourth-order valence-electron chi connectivity index (χ4n) is 3.57. The van der Waals surface area contributed by atoms with Crippen LogP contribution in [0.1, 0.15) is 12.5 Å². The molecular formula is C23H20N6O2S2. The molecular weight excluding hydrogens is 456 g/mol. The van der Waals surface area contributed by atoms with Crippen molar-refractivity contribution < 1.29 is 4.79 Å². The highest BCUT2D eigenvalue weighted by molar-refractivity contribution is 7.99. The summed E-state index contributed by atoms with van der Waals surface area (Å²) in [4.78, 5) is 29.7. The average Bonchev–Trinajstić information content (AvgIpc) is 3.49. The largest absolute Gasteiger partial charge is 0.301 e. The average molecular weight is 477 g/mol. The Morgan fingerprint density at radius 1 is 1.12 bits per heavy atom. The molecule has 0 spiro atoms. The SMILES string of the molecule is CCc1ccc(-c2csc(NC(=O)CSc3nnc4n(C)c(=O)c5ccccc5n34)n2)cc1. The normalized spacial score (nSPS) is 11.3. The molecule has 0 aliphatic heterocycles. The van der Waals surface area contributed by atoms with Crippen molar-refractivity contribution in [3.8, 4) is 11.3 Å². The molecule has 2 aromatic carbocycles. The van der Waals surface area contributed by atoms with Gasteiger partial charge in [-0.2, -0.15) is 0 Å². The fourth-order valence-corrected chi connectivity index (χ4v) is 5.04.